The first-order valence-electron chi connectivity index (χ1n) is 7.40. The van der Waals surface area contributed by atoms with Gasteiger partial charge in [0, 0.05) is 36.9 Å². The molecule has 2 aliphatic rings. The van der Waals surface area contributed by atoms with E-state index < -0.39 is 0 Å². The van der Waals surface area contributed by atoms with Gasteiger partial charge in [-0.15, -0.1) is 0 Å². The Labute approximate surface area is 114 Å². The molecule has 0 aromatic carbocycles. The van der Waals surface area contributed by atoms with Crippen molar-refractivity contribution < 1.29 is 0 Å². The largest absolute Gasteiger partial charge is 0.326 e. The molecule has 0 amide bonds. The summed E-state index contributed by atoms with van der Waals surface area (Å²) in [6.45, 7) is 2.14. The Morgan fingerprint density at radius 1 is 1.37 bits per heavy atom. The van der Waals surface area contributed by atoms with Crippen molar-refractivity contribution in [3.8, 4) is 0 Å². The minimum Gasteiger partial charge on any atom is -0.326 e. The summed E-state index contributed by atoms with van der Waals surface area (Å²) in [7, 11) is 2.21. The van der Waals surface area contributed by atoms with Crippen molar-refractivity contribution in [2.75, 3.05) is 20.1 Å². The maximum absolute atomic E-state index is 11.4. The smallest absolute Gasteiger partial charge is 0.248 e. The number of aromatic nitrogens is 1. The van der Waals surface area contributed by atoms with E-state index >= 15 is 0 Å². The summed E-state index contributed by atoms with van der Waals surface area (Å²) in [5.41, 5.74) is 2.44. The summed E-state index contributed by atoms with van der Waals surface area (Å²) in [5, 5.41) is 3.65. The number of aryl methyl sites for hydroxylation is 1. The number of H-pyrrole nitrogens is 1. The number of pyridine rings is 1. The lowest BCUT2D eigenvalue weighted by atomic mass is 9.91. The number of likely N-dealkylation sites (N-methyl/N-ethyl adjacent to an activating group) is 1. The van der Waals surface area contributed by atoms with Gasteiger partial charge >= 0.3 is 0 Å². The molecule has 3 rings (SSSR count). The highest BCUT2D eigenvalue weighted by atomic mass is 16.1. The maximum Gasteiger partial charge on any atom is 0.248 e. The van der Waals surface area contributed by atoms with Crippen molar-refractivity contribution in [3.05, 3.63) is 33.7 Å². The summed E-state index contributed by atoms with van der Waals surface area (Å²) < 4.78 is 0. The van der Waals surface area contributed by atoms with E-state index in [1.807, 2.05) is 6.07 Å². The second-order valence-corrected chi connectivity index (χ2v) is 5.87. The predicted molar refractivity (Wildman–Crippen MR) is 76.4 cm³/mol. The van der Waals surface area contributed by atoms with E-state index in [0.717, 1.165) is 37.7 Å². The number of nitrogens with zero attached hydrogens (tertiary/aromatic N) is 1. The lowest BCUT2D eigenvalue weighted by molar-refractivity contribution is 0.310. The van der Waals surface area contributed by atoms with Crippen LogP contribution in [0.3, 0.4) is 0 Å². The van der Waals surface area contributed by atoms with Crippen molar-refractivity contribution in [3.63, 3.8) is 0 Å². The monoisotopic (exact) mass is 261 g/mol. The zero-order valence-corrected chi connectivity index (χ0v) is 11.6. The molecular weight excluding hydrogens is 238 g/mol. The molecule has 2 N–H and O–H groups in total. The number of nitrogens with one attached hydrogen (secondary N) is 2. The van der Waals surface area contributed by atoms with Crippen LogP contribution in [0.2, 0.25) is 0 Å². The Morgan fingerprint density at radius 2 is 2.21 bits per heavy atom. The van der Waals surface area contributed by atoms with E-state index in [4.69, 9.17) is 0 Å². The summed E-state index contributed by atoms with van der Waals surface area (Å²) in [4.78, 5) is 16.8. The number of hydrogen-bond donors (Lipinski definition) is 2. The third kappa shape index (κ3) is 3.07. The number of aromatic amines is 1. The van der Waals surface area contributed by atoms with Crippen molar-refractivity contribution in [1.29, 1.82) is 0 Å². The minimum atomic E-state index is 0.0212. The molecule has 2 aliphatic carbocycles. The first-order chi connectivity index (χ1) is 9.24. The van der Waals surface area contributed by atoms with E-state index in [9.17, 15) is 4.79 Å². The van der Waals surface area contributed by atoms with E-state index in [0.29, 0.717) is 6.04 Å². The van der Waals surface area contributed by atoms with Gasteiger partial charge < -0.3 is 15.2 Å². The average Bonchev–Trinajstić information content (AvgIpc) is 3.22. The zero-order valence-electron chi connectivity index (χ0n) is 11.6. The fourth-order valence-electron chi connectivity index (χ4n) is 3.03. The van der Waals surface area contributed by atoms with Crippen LogP contribution in [-0.4, -0.2) is 36.1 Å². The first-order valence-corrected chi connectivity index (χ1v) is 7.40. The van der Waals surface area contributed by atoms with Gasteiger partial charge in [-0.2, -0.15) is 0 Å². The molecule has 19 heavy (non-hydrogen) atoms. The number of fused-ring (bicyclic) bond motifs is 1. The summed E-state index contributed by atoms with van der Waals surface area (Å²) >= 11 is 0. The van der Waals surface area contributed by atoms with E-state index in [-0.39, 0.29) is 5.56 Å². The summed E-state index contributed by atoms with van der Waals surface area (Å²) in [6.07, 6.45) is 6.06. The number of rotatable bonds is 5. The van der Waals surface area contributed by atoms with Crippen LogP contribution in [0.25, 0.3) is 0 Å². The second kappa shape index (κ2) is 5.47. The van der Waals surface area contributed by atoms with Crippen LogP contribution in [-0.2, 0) is 6.42 Å². The van der Waals surface area contributed by atoms with Crippen LogP contribution in [0.5, 0.6) is 0 Å². The summed E-state index contributed by atoms with van der Waals surface area (Å²) in [6, 6.07) is 4.88. The fraction of sp³-hybridized carbons (Fsp3) is 0.667. The van der Waals surface area contributed by atoms with E-state index in [2.05, 4.69) is 22.2 Å². The van der Waals surface area contributed by atoms with Gasteiger partial charge in [-0.3, -0.25) is 4.79 Å². The Morgan fingerprint density at radius 3 is 3.00 bits per heavy atom. The Hall–Kier alpha value is -1.13. The van der Waals surface area contributed by atoms with Crippen LogP contribution in [0.15, 0.2) is 16.9 Å². The summed E-state index contributed by atoms with van der Waals surface area (Å²) in [5.74, 6) is 0. The average molecular weight is 261 g/mol. The molecule has 104 valence electrons. The molecule has 1 unspecified atom stereocenters. The standard InChI is InChI=1S/C15H23N3O/c1-18(11-5-6-11)10-9-16-13-3-2-4-14-12(13)7-8-15(19)17-14/h7-8,11,13,16H,2-6,9-10H2,1H3,(H,17,19). The fourth-order valence-corrected chi connectivity index (χ4v) is 3.03. The molecule has 0 radical (unpaired) electrons. The number of hydrogen-bond acceptors (Lipinski definition) is 3. The van der Waals surface area contributed by atoms with Crippen LogP contribution in [0, 0.1) is 0 Å². The first kappa shape index (κ1) is 12.9. The normalized spacial score (nSPS) is 22.5. The third-order valence-corrected chi connectivity index (χ3v) is 4.36. The highest BCUT2D eigenvalue weighted by Gasteiger charge is 2.26. The Bertz CT molecular complexity index is 492. The molecule has 0 saturated heterocycles. The van der Waals surface area contributed by atoms with Gasteiger partial charge in [0.15, 0.2) is 0 Å². The topological polar surface area (TPSA) is 48.1 Å². The highest BCUT2D eigenvalue weighted by Crippen LogP contribution is 2.28. The molecule has 1 atom stereocenters. The zero-order chi connectivity index (χ0) is 13.2. The predicted octanol–water partition coefficient (Wildman–Crippen LogP) is 1.44. The molecule has 1 aromatic rings. The van der Waals surface area contributed by atoms with Gasteiger partial charge in [-0.05, 0) is 44.7 Å². The Balaban J connectivity index is 1.58. The van der Waals surface area contributed by atoms with Gasteiger partial charge in [0.05, 0.1) is 0 Å². The van der Waals surface area contributed by atoms with Gasteiger partial charge in [0.2, 0.25) is 5.56 Å². The quantitative estimate of drug-likeness (QED) is 0.843. The van der Waals surface area contributed by atoms with E-state index in [1.54, 1.807) is 6.07 Å². The molecular formula is C15H23N3O. The van der Waals surface area contributed by atoms with Gasteiger partial charge in [-0.25, -0.2) is 0 Å². The van der Waals surface area contributed by atoms with Gasteiger partial charge in [0.25, 0.3) is 0 Å². The van der Waals surface area contributed by atoms with E-state index in [1.165, 1.54) is 24.8 Å². The SMILES string of the molecule is CN(CCNC1CCCc2[nH]c(=O)ccc21)C1CC1. The van der Waals surface area contributed by atoms with Crippen molar-refractivity contribution in [2.45, 2.75) is 44.2 Å². The molecule has 1 saturated carbocycles. The van der Waals surface area contributed by atoms with Gasteiger partial charge in [0.1, 0.15) is 0 Å². The Kier molecular flexibility index (Phi) is 3.71. The minimum absolute atomic E-state index is 0.0212. The molecule has 0 spiro atoms. The lowest BCUT2D eigenvalue weighted by Crippen LogP contribution is -2.34. The molecule has 1 aromatic heterocycles. The van der Waals surface area contributed by atoms with Crippen LogP contribution < -0.4 is 10.9 Å². The maximum atomic E-state index is 11.4. The van der Waals surface area contributed by atoms with Crippen LogP contribution in [0.4, 0.5) is 0 Å². The lowest BCUT2D eigenvalue weighted by Gasteiger charge is -2.27. The molecule has 0 bridgehead atoms. The van der Waals surface area contributed by atoms with Crippen LogP contribution in [0.1, 0.15) is 43.0 Å². The van der Waals surface area contributed by atoms with Crippen molar-refractivity contribution in [2.24, 2.45) is 0 Å². The van der Waals surface area contributed by atoms with Gasteiger partial charge in [-0.1, -0.05) is 6.07 Å². The second-order valence-electron chi connectivity index (χ2n) is 5.87. The van der Waals surface area contributed by atoms with Crippen molar-refractivity contribution >= 4 is 0 Å². The van der Waals surface area contributed by atoms with Crippen LogP contribution >= 0.6 is 0 Å². The molecule has 1 heterocycles. The molecule has 4 nitrogen and oxygen atoms in total. The van der Waals surface area contributed by atoms with Crippen molar-refractivity contribution in [1.82, 2.24) is 15.2 Å². The molecule has 0 aliphatic heterocycles. The molecule has 4 heteroatoms. The highest BCUT2D eigenvalue weighted by molar-refractivity contribution is 5.26. The third-order valence-electron chi connectivity index (χ3n) is 4.36. The molecule has 1 fully saturated rings.